The maximum absolute atomic E-state index is 12.4. The lowest BCUT2D eigenvalue weighted by molar-refractivity contribution is -0.123. The number of carbonyl (C=O) groups is 2. The average molecular weight is 543 g/mol. The Morgan fingerprint density at radius 2 is 1.69 bits per heavy atom. The van der Waals surface area contributed by atoms with Crippen molar-refractivity contribution in [2.45, 2.75) is 125 Å². The van der Waals surface area contributed by atoms with Crippen molar-refractivity contribution >= 4 is 12.0 Å². The van der Waals surface area contributed by atoms with Gasteiger partial charge in [0, 0.05) is 25.4 Å². The fraction of sp³-hybridized carbons (Fsp3) is 0.882. The molecule has 0 radical (unpaired) electrons. The van der Waals surface area contributed by atoms with Gasteiger partial charge in [-0.3, -0.25) is 4.79 Å². The predicted molar refractivity (Wildman–Crippen MR) is 159 cm³/mol. The van der Waals surface area contributed by atoms with Crippen molar-refractivity contribution in [3.8, 4) is 0 Å². The zero-order chi connectivity index (χ0) is 28.4. The summed E-state index contributed by atoms with van der Waals surface area (Å²) in [5.74, 6) is 5.01. The molecule has 222 valence electrons. The van der Waals surface area contributed by atoms with Crippen molar-refractivity contribution in [1.29, 1.82) is 0 Å². The number of alkyl carbamates (subject to hydrolysis) is 1. The monoisotopic (exact) mass is 542 g/mol. The van der Waals surface area contributed by atoms with Gasteiger partial charge in [-0.1, -0.05) is 79.4 Å². The fourth-order valence-corrected chi connectivity index (χ4v) is 9.50. The number of fused-ring (bicyclic) bond motifs is 5. The molecule has 4 rings (SSSR count). The van der Waals surface area contributed by atoms with E-state index >= 15 is 0 Å². The first-order chi connectivity index (χ1) is 18.5. The Morgan fingerprint density at radius 3 is 2.41 bits per heavy atom. The van der Waals surface area contributed by atoms with Crippen LogP contribution in [0.15, 0.2) is 11.6 Å². The lowest BCUT2D eigenvalue weighted by Crippen LogP contribution is -2.51. The predicted octanol–water partition coefficient (Wildman–Crippen LogP) is 7.89. The molecule has 39 heavy (non-hydrogen) atoms. The number of carbonyl (C=O) groups excluding carboxylic acids is 2. The van der Waals surface area contributed by atoms with Crippen LogP contribution in [0.3, 0.4) is 0 Å². The van der Waals surface area contributed by atoms with Crippen LogP contribution in [0.5, 0.6) is 0 Å². The fourth-order valence-electron chi connectivity index (χ4n) is 9.50. The highest BCUT2D eigenvalue weighted by Gasteiger charge is 2.59. The van der Waals surface area contributed by atoms with Crippen LogP contribution in [0, 0.1) is 52.3 Å². The molecular formula is C34H58N2O3. The van der Waals surface area contributed by atoms with Gasteiger partial charge in [-0.25, -0.2) is 4.79 Å². The second kappa shape index (κ2) is 12.6. The molecule has 0 spiro atoms. The molecule has 0 bridgehead atoms. The molecule has 4 aliphatic rings. The molecule has 8 atom stereocenters. The summed E-state index contributed by atoms with van der Waals surface area (Å²) in [6.45, 7) is 17.0. The minimum absolute atomic E-state index is 0.00609. The highest BCUT2D eigenvalue weighted by Crippen LogP contribution is 2.67. The average Bonchev–Trinajstić information content (AvgIpc) is 3.23. The highest BCUT2D eigenvalue weighted by molar-refractivity contribution is 5.77. The Bertz CT molecular complexity index is 897. The first-order valence-corrected chi connectivity index (χ1v) is 16.4. The van der Waals surface area contributed by atoms with E-state index in [-0.39, 0.29) is 29.4 Å². The van der Waals surface area contributed by atoms with E-state index in [1.807, 2.05) is 13.8 Å². The van der Waals surface area contributed by atoms with Crippen LogP contribution in [0.25, 0.3) is 0 Å². The van der Waals surface area contributed by atoms with E-state index in [4.69, 9.17) is 4.74 Å². The molecule has 4 unspecified atom stereocenters. The molecule has 2 N–H and O–H groups in total. The summed E-state index contributed by atoms with van der Waals surface area (Å²) >= 11 is 0. The summed E-state index contributed by atoms with van der Waals surface area (Å²) in [7, 11) is 0. The quantitative estimate of drug-likeness (QED) is 0.218. The normalized spacial score (nSPS) is 36.4. The Kier molecular flexibility index (Phi) is 9.80. The molecule has 5 heteroatoms. The Morgan fingerprint density at radius 1 is 0.949 bits per heavy atom. The topological polar surface area (TPSA) is 67.4 Å². The number of allylic oxidation sites excluding steroid dienone is 1. The summed E-state index contributed by atoms with van der Waals surface area (Å²) in [5, 5.41) is 5.65. The van der Waals surface area contributed by atoms with Gasteiger partial charge in [0.25, 0.3) is 0 Å². The van der Waals surface area contributed by atoms with Gasteiger partial charge >= 0.3 is 6.09 Å². The largest absolute Gasteiger partial charge is 0.446 e. The van der Waals surface area contributed by atoms with Crippen molar-refractivity contribution < 1.29 is 14.3 Å². The maximum atomic E-state index is 12.4. The molecule has 0 aromatic rings. The van der Waals surface area contributed by atoms with E-state index in [1.165, 1.54) is 51.4 Å². The van der Waals surface area contributed by atoms with Gasteiger partial charge in [0.1, 0.15) is 6.10 Å². The number of ether oxygens (including phenoxy) is 1. The molecule has 0 heterocycles. The van der Waals surface area contributed by atoms with Gasteiger partial charge in [0.15, 0.2) is 0 Å². The maximum Gasteiger partial charge on any atom is 0.407 e. The lowest BCUT2D eigenvalue weighted by Gasteiger charge is -2.58. The van der Waals surface area contributed by atoms with Crippen molar-refractivity contribution in [2.24, 2.45) is 52.3 Å². The van der Waals surface area contributed by atoms with Crippen molar-refractivity contribution in [1.82, 2.24) is 10.6 Å². The van der Waals surface area contributed by atoms with E-state index in [0.717, 1.165) is 54.8 Å². The van der Waals surface area contributed by atoms with Gasteiger partial charge in [-0.05, 0) is 91.3 Å². The number of hydrogen-bond acceptors (Lipinski definition) is 3. The van der Waals surface area contributed by atoms with Crippen LogP contribution < -0.4 is 10.6 Å². The third-order valence-corrected chi connectivity index (χ3v) is 11.8. The van der Waals surface area contributed by atoms with E-state index in [2.05, 4.69) is 51.3 Å². The minimum Gasteiger partial charge on any atom is -0.446 e. The molecule has 2 amide bonds. The van der Waals surface area contributed by atoms with Crippen molar-refractivity contribution in [3.05, 3.63) is 11.6 Å². The molecule has 4 aliphatic carbocycles. The standard InChI is InChI=1S/C34H58N2O3/c1-22(2)9-8-10-24(5)28-13-14-29-27-12-11-25-21-26(39-32(38)36-20-19-35-31(37)23(3)4)15-17-33(25,6)30(27)16-18-34(28,29)7/h11,22-24,26-30H,8-10,12-21H2,1-7H3,(H,35,37)(H,36,38)/t24?,26-,27-,28?,29?,30?,33-,34+/m0/s1. The SMILES string of the molecule is CC(C)CCCC(C)C1CCC2[C@@H]3CC=C4C[C@@H](OC(=O)NCCNC(=O)C(C)C)CC[C@]4(C)C3CC[C@]12C. The van der Waals surface area contributed by atoms with E-state index in [1.54, 1.807) is 5.57 Å². The zero-order valence-electron chi connectivity index (χ0n) is 26.1. The van der Waals surface area contributed by atoms with Crippen molar-refractivity contribution in [3.63, 3.8) is 0 Å². The van der Waals surface area contributed by atoms with Crippen LogP contribution in [0.2, 0.25) is 0 Å². The summed E-state index contributed by atoms with van der Waals surface area (Å²) in [6.07, 6.45) is 16.2. The van der Waals surface area contributed by atoms with Crippen molar-refractivity contribution in [2.75, 3.05) is 13.1 Å². The number of amides is 2. The number of rotatable bonds is 10. The smallest absolute Gasteiger partial charge is 0.407 e. The molecule has 0 aliphatic heterocycles. The Hall–Kier alpha value is -1.52. The lowest BCUT2D eigenvalue weighted by atomic mass is 9.47. The number of nitrogens with one attached hydrogen (secondary N) is 2. The van der Waals surface area contributed by atoms with Crippen LogP contribution >= 0.6 is 0 Å². The summed E-state index contributed by atoms with van der Waals surface area (Å²) < 4.78 is 5.84. The second-order valence-corrected chi connectivity index (χ2v) is 14.9. The van der Waals surface area contributed by atoms with Gasteiger partial charge in [0.05, 0.1) is 0 Å². The van der Waals surface area contributed by atoms with Gasteiger partial charge in [0.2, 0.25) is 5.91 Å². The summed E-state index contributed by atoms with van der Waals surface area (Å²) in [5.41, 5.74) is 2.34. The molecule has 0 aromatic carbocycles. The van der Waals surface area contributed by atoms with Crippen LogP contribution in [0.1, 0.15) is 119 Å². The minimum atomic E-state index is -0.357. The van der Waals surface area contributed by atoms with Gasteiger partial charge in [-0.15, -0.1) is 0 Å². The number of hydrogen-bond donors (Lipinski definition) is 2. The molecule has 3 saturated carbocycles. The highest BCUT2D eigenvalue weighted by atomic mass is 16.6. The van der Waals surface area contributed by atoms with Crippen LogP contribution in [-0.4, -0.2) is 31.2 Å². The van der Waals surface area contributed by atoms with E-state index in [9.17, 15) is 9.59 Å². The first-order valence-electron chi connectivity index (χ1n) is 16.4. The summed E-state index contributed by atoms with van der Waals surface area (Å²) in [6, 6.07) is 0. The third kappa shape index (κ3) is 6.53. The molecule has 0 aromatic heterocycles. The summed E-state index contributed by atoms with van der Waals surface area (Å²) in [4.78, 5) is 24.1. The Labute approximate surface area is 239 Å². The third-order valence-electron chi connectivity index (χ3n) is 11.8. The zero-order valence-corrected chi connectivity index (χ0v) is 26.1. The van der Waals surface area contributed by atoms with Gasteiger partial charge in [-0.2, -0.15) is 0 Å². The van der Waals surface area contributed by atoms with Gasteiger partial charge < -0.3 is 15.4 Å². The molecule has 5 nitrogen and oxygen atoms in total. The Balaban J connectivity index is 1.31. The van der Waals surface area contributed by atoms with E-state index in [0.29, 0.717) is 18.5 Å². The van der Waals surface area contributed by atoms with E-state index < -0.39 is 0 Å². The van der Waals surface area contributed by atoms with Crippen LogP contribution in [-0.2, 0) is 9.53 Å². The molecular weight excluding hydrogens is 484 g/mol. The molecule has 3 fully saturated rings. The van der Waals surface area contributed by atoms with Crippen LogP contribution in [0.4, 0.5) is 4.79 Å². The second-order valence-electron chi connectivity index (χ2n) is 14.9. The first kappa shape index (κ1) is 30.4. The molecule has 0 saturated heterocycles.